The van der Waals surface area contributed by atoms with Crippen molar-refractivity contribution in [1.29, 1.82) is 0 Å². The number of pyridine rings is 1. The number of ether oxygens (including phenoxy) is 3. The van der Waals surface area contributed by atoms with Crippen LogP contribution in [0.3, 0.4) is 0 Å². The van der Waals surface area contributed by atoms with Crippen LogP contribution in [0.4, 0.5) is 4.79 Å². The number of unbranched alkanes of at least 4 members (excludes halogenated alkanes) is 2. The first-order valence-corrected chi connectivity index (χ1v) is 17.0. The molecule has 1 heterocycles. The topological polar surface area (TPSA) is 136 Å². The molecular weight excluding hydrogens is 634 g/mol. The molecule has 264 valence electrons. The summed E-state index contributed by atoms with van der Waals surface area (Å²) in [5.41, 5.74) is 4.14. The molecule has 0 radical (unpaired) electrons. The van der Waals surface area contributed by atoms with Gasteiger partial charge in [0, 0.05) is 31.0 Å². The Hall–Kier alpha value is -5.38. The molecule has 0 aliphatic carbocycles. The molecule has 0 aliphatic rings. The van der Waals surface area contributed by atoms with Gasteiger partial charge < -0.3 is 30.0 Å². The maximum Gasteiger partial charge on any atom is 0.407 e. The molecule has 50 heavy (non-hydrogen) atoms. The average Bonchev–Trinajstić information content (AvgIpc) is 3.10. The van der Waals surface area contributed by atoms with Crippen molar-refractivity contribution in [3.8, 4) is 34.0 Å². The van der Waals surface area contributed by atoms with Gasteiger partial charge in [-0.3, -0.25) is 4.79 Å². The van der Waals surface area contributed by atoms with E-state index in [4.69, 9.17) is 19.2 Å². The zero-order chi connectivity index (χ0) is 35.8. The van der Waals surface area contributed by atoms with Crippen molar-refractivity contribution in [2.45, 2.75) is 70.9 Å². The Morgan fingerprint density at radius 1 is 0.760 bits per heavy atom. The SMILES string of the molecule is CC(C)(C)OC(=O)NCCCOc1ccc(C[C@H](NC(=O)CCCCCOc2cc(-c3ccccc3)cc(-c3ccccc3)n2)C(=O)O)cc1. The number of aromatic nitrogens is 1. The maximum absolute atomic E-state index is 12.6. The van der Waals surface area contributed by atoms with Crippen molar-refractivity contribution < 1.29 is 33.7 Å². The maximum atomic E-state index is 12.6. The molecule has 0 aliphatic heterocycles. The number of alkyl carbamates (subject to hydrolysis) is 1. The number of amides is 2. The van der Waals surface area contributed by atoms with Crippen LogP contribution < -0.4 is 20.1 Å². The predicted molar refractivity (Wildman–Crippen MR) is 193 cm³/mol. The third-order valence-electron chi connectivity index (χ3n) is 7.53. The largest absolute Gasteiger partial charge is 0.494 e. The fraction of sp³-hybridized carbons (Fsp3) is 0.350. The molecule has 0 bridgehead atoms. The Morgan fingerprint density at radius 2 is 1.42 bits per heavy atom. The predicted octanol–water partition coefficient (Wildman–Crippen LogP) is 7.46. The van der Waals surface area contributed by atoms with E-state index in [1.54, 1.807) is 45.0 Å². The first-order valence-electron chi connectivity index (χ1n) is 17.0. The molecule has 0 saturated carbocycles. The van der Waals surface area contributed by atoms with Crippen LogP contribution in [-0.2, 0) is 20.7 Å². The lowest BCUT2D eigenvalue weighted by Crippen LogP contribution is -2.42. The number of carboxylic acid groups (broad SMARTS) is 1. The molecule has 3 N–H and O–H groups in total. The van der Waals surface area contributed by atoms with Crippen LogP contribution in [0.15, 0.2) is 97.1 Å². The monoisotopic (exact) mass is 681 g/mol. The second-order valence-corrected chi connectivity index (χ2v) is 12.9. The van der Waals surface area contributed by atoms with Gasteiger partial charge in [0.1, 0.15) is 17.4 Å². The molecule has 0 spiro atoms. The molecule has 0 unspecified atom stereocenters. The van der Waals surface area contributed by atoms with Gasteiger partial charge in [0.05, 0.1) is 18.9 Å². The van der Waals surface area contributed by atoms with E-state index in [0.29, 0.717) is 44.2 Å². The number of nitrogens with one attached hydrogen (secondary N) is 2. The van der Waals surface area contributed by atoms with E-state index < -0.39 is 23.7 Å². The highest BCUT2D eigenvalue weighted by Gasteiger charge is 2.20. The van der Waals surface area contributed by atoms with Crippen LogP contribution in [0.2, 0.25) is 0 Å². The van der Waals surface area contributed by atoms with Crippen molar-refractivity contribution in [2.75, 3.05) is 19.8 Å². The molecule has 1 atom stereocenters. The second kappa shape index (κ2) is 19.0. The number of carbonyl (C=O) groups is 3. The lowest BCUT2D eigenvalue weighted by atomic mass is 10.0. The molecule has 4 aromatic rings. The van der Waals surface area contributed by atoms with E-state index in [1.807, 2.05) is 54.6 Å². The fourth-order valence-corrected chi connectivity index (χ4v) is 5.07. The standard InChI is InChI=1S/C40H47N3O7/c1-40(2,3)50-39(47)41-23-13-25-48-33-21-19-29(20-22-33)26-35(38(45)46)42-36(44)18-11-6-12-24-49-37-28-32(30-14-7-4-8-15-30)27-34(43-37)31-16-9-5-10-17-31/h4-5,7-10,14-17,19-22,27-28,35H,6,11-13,18,23-26H2,1-3H3,(H,41,47)(H,42,44)(H,45,46)/t35-/m0/s1. The van der Waals surface area contributed by atoms with Crippen molar-refractivity contribution in [3.63, 3.8) is 0 Å². The summed E-state index contributed by atoms with van der Waals surface area (Å²) in [4.78, 5) is 41.0. The highest BCUT2D eigenvalue weighted by Crippen LogP contribution is 2.29. The summed E-state index contributed by atoms with van der Waals surface area (Å²) in [7, 11) is 0. The summed E-state index contributed by atoms with van der Waals surface area (Å²) < 4.78 is 17.0. The number of rotatable bonds is 18. The Labute approximate surface area is 294 Å². The molecule has 2 amide bonds. The van der Waals surface area contributed by atoms with Crippen LogP contribution in [0.5, 0.6) is 11.6 Å². The first-order chi connectivity index (χ1) is 24.1. The molecule has 1 aromatic heterocycles. The van der Waals surface area contributed by atoms with Crippen LogP contribution in [0.25, 0.3) is 22.4 Å². The minimum absolute atomic E-state index is 0.148. The summed E-state index contributed by atoms with van der Waals surface area (Å²) in [6, 6.07) is 30.1. The zero-order valence-corrected chi connectivity index (χ0v) is 29.0. The van der Waals surface area contributed by atoms with E-state index in [1.165, 1.54) is 0 Å². The van der Waals surface area contributed by atoms with Crippen LogP contribution in [0.1, 0.15) is 58.4 Å². The average molecular weight is 682 g/mol. The third kappa shape index (κ3) is 13.3. The van der Waals surface area contributed by atoms with E-state index in [0.717, 1.165) is 40.8 Å². The summed E-state index contributed by atoms with van der Waals surface area (Å²) in [5.74, 6) is -0.227. The Morgan fingerprint density at radius 3 is 2.08 bits per heavy atom. The summed E-state index contributed by atoms with van der Waals surface area (Å²) in [6.45, 7) is 6.66. The number of benzene rings is 3. The quantitative estimate of drug-likeness (QED) is 0.0921. The van der Waals surface area contributed by atoms with Gasteiger partial charge in [-0.1, -0.05) is 72.8 Å². The Kier molecular flexibility index (Phi) is 14.2. The summed E-state index contributed by atoms with van der Waals surface area (Å²) in [5, 5.41) is 15.1. The highest BCUT2D eigenvalue weighted by atomic mass is 16.6. The van der Waals surface area contributed by atoms with E-state index in [-0.39, 0.29) is 18.7 Å². The van der Waals surface area contributed by atoms with Crippen molar-refractivity contribution in [3.05, 3.63) is 103 Å². The van der Waals surface area contributed by atoms with Crippen molar-refractivity contribution >= 4 is 18.0 Å². The number of hydrogen-bond acceptors (Lipinski definition) is 7. The summed E-state index contributed by atoms with van der Waals surface area (Å²) in [6.07, 6.45) is 2.57. The fourth-order valence-electron chi connectivity index (χ4n) is 5.07. The van der Waals surface area contributed by atoms with Gasteiger partial charge in [0.2, 0.25) is 11.8 Å². The normalized spacial score (nSPS) is 11.7. The molecule has 0 saturated heterocycles. The smallest absolute Gasteiger partial charge is 0.407 e. The van der Waals surface area contributed by atoms with Crippen LogP contribution in [0, 0.1) is 0 Å². The Bertz CT molecular complexity index is 1600. The molecule has 10 heteroatoms. The van der Waals surface area contributed by atoms with Gasteiger partial charge in [-0.25, -0.2) is 14.6 Å². The minimum Gasteiger partial charge on any atom is -0.494 e. The van der Waals surface area contributed by atoms with Gasteiger partial charge >= 0.3 is 12.1 Å². The number of aliphatic carboxylic acids is 1. The Balaban J connectivity index is 1.16. The first kappa shape index (κ1) is 37.4. The minimum atomic E-state index is -1.09. The van der Waals surface area contributed by atoms with Crippen LogP contribution >= 0.6 is 0 Å². The van der Waals surface area contributed by atoms with Crippen molar-refractivity contribution in [1.82, 2.24) is 15.6 Å². The summed E-state index contributed by atoms with van der Waals surface area (Å²) >= 11 is 0. The molecule has 0 fully saturated rings. The van der Waals surface area contributed by atoms with Crippen molar-refractivity contribution in [2.24, 2.45) is 0 Å². The van der Waals surface area contributed by atoms with Crippen LogP contribution in [-0.4, -0.2) is 59.5 Å². The van der Waals surface area contributed by atoms with Gasteiger partial charge in [-0.2, -0.15) is 0 Å². The number of hydrogen-bond donors (Lipinski definition) is 3. The lowest BCUT2D eigenvalue weighted by molar-refractivity contribution is -0.141. The molecular formula is C40H47N3O7. The van der Waals surface area contributed by atoms with Gasteiger partial charge in [0.25, 0.3) is 0 Å². The highest BCUT2D eigenvalue weighted by molar-refractivity contribution is 5.83. The van der Waals surface area contributed by atoms with Gasteiger partial charge in [0.15, 0.2) is 0 Å². The zero-order valence-electron chi connectivity index (χ0n) is 29.0. The molecule has 3 aromatic carbocycles. The third-order valence-corrected chi connectivity index (χ3v) is 7.53. The van der Waals surface area contributed by atoms with Gasteiger partial charge in [-0.05, 0) is 81.3 Å². The van der Waals surface area contributed by atoms with E-state index >= 15 is 0 Å². The number of nitrogens with zero attached hydrogens (tertiary/aromatic N) is 1. The lowest BCUT2D eigenvalue weighted by Gasteiger charge is -2.19. The number of carbonyl (C=O) groups excluding carboxylic acids is 2. The number of carboxylic acids is 1. The second-order valence-electron chi connectivity index (χ2n) is 12.9. The molecule has 4 rings (SSSR count). The van der Waals surface area contributed by atoms with Gasteiger partial charge in [-0.15, -0.1) is 0 Å². The van der Waals surface area contributed by atoms with E-state index in [9.17, 15) is 19.5 Å². The van der Waals surface area contributed by atoms with E-state index in [2.05, 4.69) is 28.8 Å². The molecule has 10 nitrogen and oxygen atoms in total.